The largest absolute Gasteiger partial charge is 0.489 e. The summed E-state index contributed by atoms with van der Waals surface area (Å²) in [6.45, 7) is 4.96. The fraction of sp³-hybridized carbons (Fsp3) is 0.320. The summed E-state index contributed by atoms with van der Waals surface area (Å²) in [4.78, 5) is 33.2. The Labute approximate surface area is 204 Å². The summed E-state index contributed by atoms with van der Waals surface area (Å²) >= 11 is 6.66. The lowest BCUT2D eigenvalue weighted by Crippen LogP contribution is -2.58. The minimum absolute atomic E-state index is 0.0657. The van der Waals surface area contributed by atoms with Crippen LogP contribution >= 0.6 is 11.6 Å². The van der Waals surface area contributed by atoms with Crippen molar-refractivity contribution in [1.82, 2.24) is 14.5 Å². The third-order valence-electron chi connectivity index (χ3n) is 6.55. The number of ether oxygens (including phenoxy) is 1. The predicted octanol–water partition coefficient (Wildman–Crippen LogP) is 3.45. The highest BCUT2D eigenvalue weighted by Gasteiger charge is 2.35. The second kappa shape index (κ2) is 8.54. The standard InChI is InChI=1S/C25H21ClF2N4O3/c1-4-20(33)31-11-14(3)32(12-13(31)2)24-17-10-18(26)21(16-6-5-15(27)9-19(16)28)23-22(17)30(7-8-35-23)25(34)29-24/h1,5-6,9-10,13-14H,7-8,11-12H2,2-3H3/t13-,14+/m1/s1. The van der Waals surface area contributed by atoms with Crippen LogP contribution in [-0.4, -0.2) is 52.1 Å². The number of carbonyl (C=O) groups is 1. The highest BCUT2D eigenvalue weighted by molar-refractivity contribution is 6.35. The van der Waals surface area contributed by atoms with Gasteiger partial charge in [0.25, 0.3) is 5.91 Å². The van der Waals surface area contributed by atoms with Crippen LogP contribution in [0.4, 0.5) is 14.6 Å². The van der Waals surface area contributed by atoms with E-state index >= 15 is 0 Å². The maximum Gasteiger partial charge on any atom is 0.350 e. The van der Waals surface area contributed by atoms with Gasteiger partial charge in [0.15, 0.2) is 5.75 Å². The summed E-state index contributed by atoms with van der Waals surface area (Å²) in [5.41, 5.74) is 0.270. The Bertz CT molecular complexity index is 1480. The van der Waals surface area contributed by atoms with Gasteiger partial charge in [0, 0.05) is 47.8 Å². The topological polar surface area (TPSA) is 67.7 Å². The molecular formula is C25H21ClF2N4O3. The molecule has 1 saturated heterocycles. The van der Waals surface area contributed by atoms with Crippen molar-refractivity contribution in [2.24, 2.45) is 0 Å². The van der Waals surface area contributed by atoms with Crippen LogP contribution in [0.5, 0.6) is 5.75 Å². The summed E-state index contributed by atoms with van der Waals surface area (Å²) in [6, 6.07) is 4.41. The molecule has 0 aliphatic carbocycles. The highest BCUT2D eigenvalue weighted by atomic mass is 35.5. The molecule has 0 bridgehead atoms. The number of hydrogen-bond donors (Lipinski definition) is 0. The quantitative estimate of drug-likeness (QED) is 0.506. The molecule has 180 valence electrons. The van der Waals surface area contributed by atoms with E-state index in [9.17, 15) is 18.4 Å². The number of amides is 1. The molecule has 1 aromatic heterocycles. The molecule has 2 aromatic carbocycles. The van der Waals surface area contributed by atoms with Gasteiger partial charge in [0.05, 0.1) is 17.1 Å². The van der Waals surface area contributed by atoms with Gasteiger partial charge in [0.2, 0.25) is 0 Å². The van der Waals surface area contributed by atoms with Crippen LogP contribution in [0, 0.1) is 24.0 Å². The number of anilines is 1. The Morgan fingerprint density at radius 1 is 1.23 bits per heavy atom. The smallest absolute Gasteiger partial charge is 0.350 e. The fourth-order valence-corrected chi connectivity index (χ4v) is 5.20. The molecule has 0 saturated carbocycles. The van der Waals surface area contributed by atoms with Gasteiger partial charge >= 0.3 is 5.69 Å². The molecule has 2 aliphatic rings. The van der Waals surface area contributed by atoms with Gasteiger partial charge in [-0.3, -0.25) is 9.36 Å². The number of piperazine rings is 1. The second-order valence-corrected chi connectivity index (χ2v) is 9.16. The summed E-state index contributed by atoms with van der Waals surface area (Å²) in [5, 5.41) is 0.737. The van der Waals surface area contributed by atoms with Crippen molar-refractivity contribution < 1.29 is 18.3 Å². The van der Waals surface area contributed by atoms with E-state index in [1.165, 1.54) is 10.6 Å². The van der Waals surface area contributed by atoms with E-state index in [0.717, 1.165) is 12.1 Å². The number of terminal acetylenes is 1. The normalized spacial score (nSPS) is 19.4. The molecule has 0 N–H and O–H groups in total. The average Bonchev–Trinajstić information content (AvgIpc) is 2.83. The van der Waals surface area contributed by atoms with Gasteiger partial charge in [-0.2, -0.15) is 4.98 Å². The Morgan fingerprint density at radius 3 is 2.71 bits per heavy atom. The third-order valence-corrected chi connectivity index (χ3v) is 6.85. The van der Waals surface area contributed by atoms with Crippen molar-refractivity contribution in [1.29, 1.82) is 0 Å². The van der Waals surface area contributed by atoms with E-state index in [-0.39, 0.29) is 47.1 Å². The van der Waals surface area contributed by atoms with E-state index in [4.69, 9.17) is 22.8 Å². The molecule has 35 heavy (non-hydrogen) atoms. The van der Waals surface area contributed by atoms with Gasteiger partial charge < -0.3 is 14.5 Å². The maximum atomic E-state index is 14.7. The van der Waals surface area contributed by atoms with Crippen molar-refractivity contribution in [3.05, 3.63) is 51.4 Å². The highest BCUT2D eigenvalue weighted by Crippen LogP contribution is 2.46. The lowest BCUT2D eigenvalue weighted by atomic mass is 9.99. The molecule has 0 radical (unpaired) electrons. The lowest BCUT2D eigenvalue weighted by molar-refractivity contribution is -0.127. The Kier molecular flexibility index (Phi) is 5.64. The molecule has 0 spiro atoms. The fourth-order valence-electron chi connectivity index (χ4n) is 4.90. The lowest BCUT2D eigenvalue weighted by Gasteiger charge is -2.44. The van der Waals surface area contributed by atoms with Gasteiger partial charge in [0.1, 0.15) is 24.1 Å². The number of carbonyl (C=O) groups excluding carboxylic acids is 1. The number of benzene rings is 2. The monoisotopic (exact) mass is 498 g/mol. The first-order valence-corrected chi connectivity index (χ1v) is 11.5. The van der Waals surface area contributed by atoms with Crippen LogP contribution in [0.1, 0.15) is 13.8 Å². The van der Waals surface area contributed by atoms with Crippen molar-refractivity contribution in [3.63, 3.8) is 0 Å². The molecular weight excluding hydrogens is 478 g/mol. The summed E-state index contributed by atoms with van der Waals surface area (Å²) in [7, 11) is 0. The van der Waals surface area contributed by atoms with Crippen LogP contribution < -0.4 is 15.3 Å². The Morgan fingerprint density at radius 2 is 2.00 bits per heavy atom. The number of nitrogens with zero attached hydrogens (tertiary/aromatic N) is 4. The number of rotatable bonds is 2. The Balaban J connectivity index is 1.72. The van der Waals surface area contributed by atoms with Crippen molar-refractivity contribution in [2.45, 2.75) is 32.5 Å². The van der Waals surface area contributed by atoms with E-state index in [0.29, 0.717) is 29.8 Å². The molecule has 3 aromatic rings. The van der Waals surface area contributed by atoms with Crippen LogP contribution in [0.2, 0.25) is 5.02 Å². The van der Waals surface area contributed by atoms with Gasteiger partial charge in [-0.1, -0.05) is 11.6 Å². The minimum Gasteiger partial charge on any atom is -0.489 e. The average molecular weight is 499 g/mol. The predicted molar refractivity (Wildman–Crippen MR) is 129 cm³/mol. The number of hydrogen-bond acceptors (Lipinski definition) is 5. The second-order valence-electron chi connectivity index (χ2n) is 8.75. The molecule has 5 rings (SSSR count). The van der Waals surface area contributed by atoms with Crippen LogP contribution in [0.25, 0.3) is 22.0 Å². The minimum atomic E-state index is -0.795. The van der Waals surface area contributed by atoms with E-state index in [1.54, 1.807) is 11.0 Å². The zero-order valence-corrected chi connectivity index (χ0v) is 19.8. The Hall–Kier alpha value is -3.64. The first kappa shape index (κ1) is 23.1. The third kappa shape index (κ3) is 3.69. The zero-order valence-electron chi connectivity index (χ0n) is 19.0. The van der Waals surface area contributed by atoms with E-state index < -0.39 is 23.2 Å². The molecule has 3 heterocycles. The van der Waals surface area contributed by atoms with Gasteiger partial charge in [-0.25, -0.2) is 13.6 Å². The number of aromatic nitrogens is 2. The van der Waals surface area contributed by atoms with Gasteiger partial charge in [-0.05, 0) is 38.0 Å². The van der Waals surface area contributed by atoms with E-state index in [2.05, 4.69) is 10.9 Å². The molecule has 10 heteroatoms. The van der Waals surface area contributed by atoms with E-state index in [1.807, 2.05) is 18.7 Å². The molecule has 1 amide bonds. The summed E-state index contributed by atoms with van der Waals surface area (Å²) in [5.74, 6) is 0.894. The first-order chi connectivity index (χ1) is 16.7. The van der Waals surface area contributed by atoms with Crippen LogP contribution in [-0.2, 0) is 11.3 Å². The zero-order chi connectivity index (χ0) is 25.0. The number of halogens is 3. The molecule has 2 atom stereocenters. The van der Waals surface area contributed by atoms with Crippen LogP contribution in [0.3, 0.4) is 0 Å². The SMILES string of the molecule is C#CC(=O)N1C[C@H](C)N(c2nc(=O)n3c4c(c(-c5ccc(F)cc5F)c(Cl)cc24)OCC3)C[C@H]1C. The van der Waals surface area contributed by atoms with Crippen LogP contribution in [0.15, 0.2) is 29.1 Å². The first-order valence-electron chi connectivity index (χ1n) is 11.1. The summed E-state index contributed by atoms with van der Waals surface area (Å²) < 4.78 is 35.7. The molecule has 0 unspecified atom stereocenters. The van der Waals surface area contributed by atoms with Gasteiger partial charge in [-0.15, -0.1) is 6.42 Å². The van der Waals surface area contributed by atoms with Crippen molar-refractivity contribution in [2.75, 3.05) is 24.6 Å². The van der Waals surface area contributed by atoms with Crippen molar-refractivity contribution in [3.8, 4) is 29.2 Å². The van der Waals surface area contributed by atoms with Crippen molar-refractivity contribution >= 4 is 34.2 Å². The molecule has 2 aliphatic heterocycles. The molecule has 7 nitrogen and oxygen atoms in total. The maximum absolute atomic E-state index is 14.7. The molecule has 1 fully saturated rings. The summed E-state index contributed by atoms with van der Waals surface area (Å²) in [6.07, 6.45) is 5.32.